The maximum absolute atomic E-state index is 15.5. The van der Waals surface area contributed by atoms with E-state index in [0.29, 0.717) is 21.0 Å². The molecule has 0 N–H and O–H groups in total. The fourth-order valence-corrected chi connectivity index (χ4v) is 9.78. The minimum atomic E-state index is -5.55. The molecule has 2 heterocycles. The fraction of sp³-hybridized carbons (Fsp3) is 0.310. The second-order valence-electron chi connectivity index (χ2n) is 10.2. The van der Waals surface area contributed by atoms with Crippen molar-refractivity contribution >= 4 is 34.7 Å². The Hall–Kier alpha value is -2.32. The first-order valence-corrected chi connectivity index (χ1v) is 13.4. The second kappa shape index (κ2) is 7.41. The highest BCUT2D eigenvalue weighted by Gasteiger charge is 2.85. The van der Waals surface area contributed by atoms with Gasteiger partial charge in [-0.3, -0.25) is 0 Å². The Morgan fingerprint density at radius 3 is 1.16 bits per heavy atom. The van der Waals surface area contributed by atoms with E-state index in [9.17, 15) is 8.78 Å². The first-order valence-electron chi connectivity index (χ1n) is 11.8. The highest BCUT2D eigenvalue weighted by molar-refractivity contribution is 8.08. The average Bonchev–Trinajstić information content (AvgIpc) is 3.31. The van der Waals surface area contributed by atoms with Crippen molar-refractivity contribution in [2.24, 2.45) is 10.8 Å². The standard InChI is InChI=1S/C29H22F6S2/c1-15-19(17-11-7-5-8-12-17)25(3)23(36-15)21-22(28(32,33)29(34,35)27(21,30)31)24-26(25,4)20(16(2)37-24)18-13-9-6-10-14-18/h5-14H,1-4H3. The van der Waals surface area contributed by atoms with E-state index in [4.69, 9.17) is 0 Å². The molecule has 1 fully saturated rings. The lowest BCUT2D eigenvalue weighted by Gasteiger charge is -2.50. The van der Waals surface area contributed by atoms with Gasteiger partial charge in [0.25, 0.3) is 0 Å². The number of rotatable bonds is 2. The van der Waals surface area contributed by atoms with Gasteiger partial charge in [0.1, 0.15) is 0 Å². The third kappa shape index (κ3) is 2.66. The zero-order chi connectivity index (χ0) is 26.8. The molecule has 37 heavy (non-hydrogen) atoms. The Kier molecular flexibility index (Phi) is 5.00. The molecule has 2 aromatic carbocycles. The summed E-state index contributed by atoms with van der Waals surface area (Å²) >= 11 is 1.85. The SMILES string of the molecule is CC1=C(c2ccccc2)C2(C)C(=C3C(=C4SC(C)=C(c5ccccc5)C42C)C(F)(F)C(F)(F)C3(F)F)S1. The molecular weight excluding hydrogens is 526 g/mol. The van der Waals surface area contributed by atoms with Gasteiger partial charge in [0.2, 0.25) is 0 Å². The highest BCUT2D eigenvalue weighted by Crippen LogP contribution is 2.81. The third-order valence-electron chi connectivity index (χ3n) is 8.37. The highest BCUT2D eigenvalue weighted by atomic mass is 32.2. The Balaban J connectivity index is 1.78. The molecule has 0 amide bonds. The molecule has 8 heteroatoms. The normalized spacial score (nSPS) is 31.2. The summed E-state index contributed by atoms with van der Waals surface area (Å²) in [5.41, 5.74) is -2.13. The quantitative estimate of drug-likeness (QED) is 0.343. The van der Waals surface area contributed by atoms with Crippen LogP contribution in [0.3, 0.4) is 0 Å². The van der Waals surface area contributed by atoms with E-state index in [1.165, 1.54) is 0 Å². The van der Waals surface area contributed by atoms with Gasteiger partial charge in [-0.1, -0.05) is 84.2 Å². The molecule has 2 aliphatic carbocycles. The van der Waals surface area contributed by atoms with Crippen LogP contribution in [0.25, 0.3) is 11.1 Å². The first-order chi connectivity index (χ1) is 17.2. The minimum Gasteiger partial charge on any atom is -0.194 e. The lowest BCUT2D eigenvalue weighted by atomic mass is 9.52. The molecule has 0 nitrogen and oxygen atoms in total. The summed E-state index contributed by atoms with van der Waals surface area (Å²) in [6.45, 7) is 7.00. The Labute approximate surface area is 219 Å². The summed E-state index contributed by atoms with van der Waals surface area (Å²) < 4.78 is 92.1. The van der Waals surface area contributed by atoms with Gasteiger partial charge in [0.05, 0.1) is 0 Å². The van der Waals surface area contributed by atoms with Gasteiger partial charge in [-0.05, 0) is 59.8 Å². The van der Waals surface area contributed by atoms with Gasteiger partial charge in [-0.25, -0.2) is 0 Å². The lowest BCUT2D eigenvalue weighted by molar-refractivity contribution is -0.258. The van der Waals surface area contributed by atoms with Crippen LogP contribution in [0.1, 0.15) is 38.8 Å². The van der Waals surface area contributed by atoms with Crippen LogP contribution >= 0.6 is 23.5 Å². The largest absolute Gasteiger partial charge is 0.380 e. The number of halogens is 6. The molecule has 0 spiro atoms. The summed E-state index contributed by atoms with van der Waals surface area (Å²) in [5.74, 6) is -15.6. The number of fused-ring (bicyclic) bond motifs is 4. The van der Waals surface area contributed by atoms with E-state index in [0.717, 1.165) is 34.7 Å². The van der Waals surface area contributed by atoms with Crippen molar-refractivity contribution in [3.8, 4) is 0 Å². The van der Waals surface area contributed by atoms with Crippen molar-refractivity contribution in [2.45, 2.75) is 45.5 Å². The van der Waals surface area contributed by atoms with Crippen molar-refractivity contribution in [1.29, 1.82) is 0 Å². The second-order valence-corrected chi connectivity index (χ2v) is 12.6. The number of alkyl halides is 6. The molecule has 0 saturated heterocycles. The van der Waals surface area contributed by atoms with Crippen LogP contribution < -0.4 is 0 Å². The summed E-state index contributed by atoms with van der Waals surface area (Å²) in [6, 6.07) is 18.3. The van der Waals surface area contributed by atoms with Gasteiger partial charge in [0.15, 0.2) is 0 Å². The monoisotopic (exact) mass is 548 g/mol. The molecule has 0 aromatic heterocycles. The summed E-state index contributed by atoms with van der Waals surface area (Å²) in [6.07, 6.45) is 0. The molecule has 2 atom stereocenters. The first kappa shape index (κ1) is 25.0. The molecule has 2 aliphatic heterocycles. The zero-order valence-corrected chi connectivity index (χ0v) is 22.0. The molecule has 1 saturated carbocycles. The minimum absolute atomic E-state index is 0.115. The summed E-state index contributed by atoms with van der Waals surface area (Å²) in [4.78, 5) is 1.04. The van der Waals surface area contributed by atoms with Gasteiger partial charge < -0.3 is 0 Å². The number of benzene rings is 2. The van der Waals surface area contributed by atoms with E-state index in [1.807, 2.05) is 60.7 Å². The van der Waals surface area contributed by atoms with E-state index in [1.54, 1.807) is 27.7 Å². The van der Waals surface area contributed by atoms with Gasteiger partial charge in [0, 0.05) is 31.8 Å². The van der Waals surface area contributed by atoms with Crippen molar-refractivity contribution in [2.75, 3.05) is 0 Å². The maximum Gasteiger partial charge on any atom is 0.380 e. The molecule has 4 aliphatic rings. The average molecular weight is 549 g/mol. The number of hydrogen-bond donors (Lipinski definition) is 0. The molecule has 192 valence electrons. The smallest absolute Gasteiger partial charge is 0.194 e. The van der Waals surface area contributed by atoms with Crippen LogP contribution in [0.15, 0.2) is 91.4 Å². The van der Waals surface area contributed by atoms with Crippen LogP contribution in [0.4, 0.5) is 26.3 Å². The van der Waals surface area contributed by atoms with E-state index in [2.05, 4.69) is 0 Å². The number of thioether (sulfide) groups is 2. The molecular formula is C29H22F6S2. The van der Waals surface area contributed by atoms with Crippen molar-refractivity contribution in [3.63, 3.8) is 0 Å². The van der Waals surface area contributed by atoms with Gasteiger partial charge >= 0.3 is 17.8 Å². The summed E-state index contributed by atoms with van der Waals surface area (Å²) in [5, 5.41) is 0. The Morgan fingerprint density at radius 2 is 0.838 bits per heavy atom. The molecule has 2 aromatic rings. The Morgan fingerprint density at radius 1 is 0.514 bits per heavy atom. The number of hydrogen-bond acceptors (Lipinski definition) is 2. The molecule has 2 unspecified atom stereocenters. The van der Waals surface area contributed by atoms with E-state index in [-0.39, 0.29) is 9.81 Å². The van der Waals surface area contributed by atoms with E-state index < -0.39 is 39.7 Å². The van der Waals surface area contributed by atoms with Crippen LogP contribution in [0.5, 0.6) is 0 Å². The van der Waals surface area contributed by atoms with Crippen molar-refractivity contribution in [1.82, 2.24) is 0 Å². The third-order valence-corrected chi connectivity index (χ3v) is 11.0. The summed E-state index contributed by atoms with van der Waals surface area (Å²) in [7, 11) is 0. The Bertz CT molecular complexity index is 1370. The number of allylic oxidation sites excluding steroid dienone is 8. The molecule has 6 rings (SSSR count). The van der Waals surface area contributed by atoms with Crippen LogP contribution in [-0.4, -0.2) is 17.8 Å². The predicted octanol–water partition coefficient (Wildman–Crippen LogP) is 9.80. The lowest BCUT2D eigenvalue weighted by Crippen LogP contribution is -2.47. The van der Waals surface area contributed by atoms with Gasteiger partial charge in [-0.15, -0.1) is 0 Å². The van der Waals surface area contributed by atoms with Crippen LogP contribution in [0, 0.1) is 10.8 Å². The fourth-order valence-electron chi connectivity index (χ4n) is 6.63. The topological polar surface area (TPSA) is 0 Å². The van der Waals surface area contributed by atoms with Gasteiger partial charge in [-0.2, -0.15) is 26.3 Å². The predicted molar refractivity (Wildman–Crippen MR) is 138 cm³/mol. The molecule has 0 bridgehead atoms. The molecule has 0 radical (unpaired) electrons. The maximum atomic E-state index is 15.5. The van der Waals surface area contributed by atoms with Crippen LogP contribution in [0.2, 0.25) is 0 Å². The van der Waals surface area contributed by atoms with Crippen LogP contribution in [-0.2, 0) is 0 Å². The zero-order valence-electron chi connectivity index (χ0n) is 20.4. The van der Waals surface area contributed by atoms with Crippen molar-refractivity contribution < 1.29 is 26.3 Å². The van der Waals surface area contributed by atoms with E-state index >= 15 is 17.6 Å². The van der Waals surface area contributed by atoms with Crippen molar-refractivity contribution in [3.05, 3.63) is 103 Å².